The largest absolute Gasteiger partial charge is 0.326 e. The van der Waals surface area contributed by atoms with E-state index in [2.05, 4.69) is 21.2 Å². The first-order valence-corrected chi connectivity index (χ1v) is 10.8. The molecule has 0 aliphatic carbocycles. The van der Waals surface area contributed by atoms with Crippen LogP contribution >= 0.6 is 39.9 Å². The van der Waals surface area contributed by atoms with Crippen molar-refractivity contribution >= 4 is 67.8 Å². The van der Waals surface area contributed by atoms with Gasteiger partial charge in [0.25, 0.3) is 5.91 Å². The van der Waals surface area contributed by atoms with Crippen LogP contribution in [0.2, 0.25) is 0 Å². The van der Waals surface area contributed by atoms with Gasteiger partial charge in [0, 0.05) is 23.1 Å². The minimum absolute atomic E-state index is 0.0697. The lowest BCUT2D eigenvalue weighted by atomic mass is 10.2. The van der Waals surface area contributed by atoms with Gasteiger partial charge in [-0.3, -0.25) is 14.5 Å². The molecule has 7 heteroatoms. The lowest BCUT2D eigenvalue weighted by molar-refractivity contribution is -0.122. The van der Waals surface area contributed by atoms with E-state index in [1.807, 2.05) is 61.5 Å². The second-order valence-electron chi connectivity index (χ2n) is 6.40. The molecule has 28 heavy (non-hydrogen) atoms. The molecule has 2 aromatic carbocycles. The molecule has 4 nitrogen and oxygen atoms in total. The maximum absolute atomic E-state index is 12.6. The van der Waals surface area contributed by atoms with Crippen molar-refractivity contribution in [2.45, 2.75) is 19.8 Å². The highest BCUT2D eigenvalue weighted by molar-refractivity contribution is 9.10. The minimum Gasteiger partial charge on any atom is -0.326 e. The van der Waals surface area contributed by atoms with E-state index in [0.717, 1.165) is 21.3 Å². The summed E-state index contributed by atoms with van der Waals surface area (Å²) in [5.74, 6) is -0.170. The molecule has 1 saturated heterocycles. The van der Waals surface area contributed by atoms with Crippen molar-refractivity contribution in [1.82, 2.24) is 4.90 Å². The monoisotopic (exact) mass is 474 g/mol. The predicted octanol–water partition coefficient (Wildman–Crippen LogP) is 5.38. The van der Waals surface area contributed by atoms with Crippen molar-refractivity contribution < 1.29 is 9.59 Å². The van der Waals surface area contributed by atoms with Crippen molar-refractivity contribution in [3.05, 3.63) is 69.0 Å². The van der Waals surface area contributed by atoms with E-state index in [1.165, 1.54) is 11.8 Å². The van der Waals surface area contributed by atoms with Gasteiger partial charge in [0.2, 0.25) is 5.91 Å². The molecule has 3 rings (SSSR count). The van der Waals surface area contributed by atoms with Crippen LogP contribution in [0.5, 0.6) is 0 Å². The van der Waals surface area contributed by atoms with Crippen molar-refractivity contribution in [3.63, 3.8) is 0 Å². The molecule has 1 fully saturated rings. The Kier molecular flexibility index (Phi) is 7.04. The van der Waals surface area contributed by atoms with Crippen LogP contribution in [0.25, 0.3) is 6.08 Å². The molecular formula is C21H19BrN2O2S2. The molecule has 0 radical (unpaired) electrons. The maximum atomic E-state index is 12.6. The van der Waals surface area contributed by atoms with Crippen LogP contribution in [0, 0.1) is 6.92 Å². The van der Waals surface area contributed by atoms with Crippen molar-refractivity contribution in [2.24, 2.45) is 0 Å². The summed E-state index contributed by atoms with van der Waals surface area (Å²) in [6.45, 7) is 2.43. The van der Waals surface area contributed by atoms with E-state index in [9.17, 15) is 9.59 Å². The van der Waals surface area contributed by atoms with Crippen LogP contribution < -0.4 is 5.32 Å². The second kappa shape index (κ2) is 9.49. The molecular weight excluding hydrogens is 456 g/mol. The normalized spacial score (nSPS) is 15.4. The van der Waals surface area contributed by atoms with Crippen LogP contribution in [0.1, 0.15) is 24.0 Å². The minimum atomic E-state index is -0.100. The molecule has 1 heterocycles. The number of carbonyl (C=O) groups is 2. The summed E-state index contributed by atoms with van der Waals surface area (Å²) in [4.78, 5) is 26.9. The average molecular weight is 475 g/mol. The molecule has 0 aromatic heterocycles. The molecule has 1 N–H and O–H groups in total. The quantitative estimate of drug-likeness (QED) is 0.451. The third kappa shape index (κ3) is 5.53. The van der Waals surface area contributed by atoms with Crippen molar-refractivity contribution in [2.75, 3.05) is 11.9 Å². The summed E-state index contributed by atoms with van der Waals surface area (Å²) in [5.41, 5.74) is 2.86. The van der Waals surface area contributed by atoms with E-state index in [4.69, 9.17) is 12.2 Å². The van der Waals surface area contributed by atoms with Crippen molar-refractivity contribution in [3.8, 4) is 0 Å². The highest BCUT2D eigenvalue weighted by atomic mass is 79.9. The number of thiocarbonyl (C=S) groups is 1. The predicted molar refractivity (Wildman–Crippen MR) is 123 cm³/mol. The van der Waals surface area contributed by atoms with Gasteiger partial charge in [-0.1, -0.05) is 69.7 Å². The first-order chi connectivity index (χ1) is 13.4. The number of hydrogen-bond acceptors (Lipinski definition) is 4. The number of carbonyl (C=O) groups excluding carboxylic acids is 2. The standard InChI is InChI=1S/C21H19BrN2O2S2/c1-14-4-10-17(11-5-14)23-19(25)3-2-12-24-20(26)18(28-21(24)27)13-15-6-8-16(22)9-7-15/h4-11,13H,2-3,12H2,1H3,(H,23,25)/b18-13-. The highest BCUT2D eigenvalue weighted by Gasteiger charge is 2.31. The lowest BCUT2D eigenvalue weighted by Gasteiger charge is -2.14. The summed E-state index contributed by atoms with van der Waals surface area (Å²) in [5, 5.41) is 2.87. The number of nitrogens with zero attached hydrogens (tertiary/aromatic N) is 1. The molecule has 0 saturated carbocycles. The van der Waals surface area contributed by atoms with Gasteiger partial charge in [0.05, 0.1) is 4.91 Å². The number of hydrogen-bond donors (Lipinski definition) is 1. The molecule has 0 atom stereocenters. The van der Waals surface area contributed by atoms with Crippen LogP contribution in [-0.4, -0.2) is 27.6 Å². The number of amides is 2. The van der Waals surface area contributed by atoms with E-state index in [0.29, 0.717) is 28.6 Å². The van der Waals surface area contributed by atoms with E-state index >= 15 is 0 Å². The fourth-order valence-corrected chi connectivity index (χ4v) is 4.23. The van der Waals surface area contributed by atoms with Gasteiger partial charge >= 0.3 is 0 Å². The maximum Gasteiger partial charge on any atom is 0.266 e. The second-order valence-corrected chi connectivity index (χ2v) is 8.99. The van der Waals surface area contributed by atoms with Gasteiger partial charge in [-0.05, 0) is 49.2 Å². The fourth-order valence-electron chi connectivity index (χ4n) is 2.66. The van der Waals surface area contributed by atoms with Gasteiger partial charge in [-0.15, -0.1) is 0 Å². The molecule has 1 aliphatic heterocycles. The molecule has 1 aliphatic rings. The molecule has 144 valence electrons. The van der Waals surface area contributed by atoms with E-state index in [1.54, 1.807) is 4.90 Å². The molecule has 0 unspecified atom stereocenters. The molecule has 2 amide bonds. The number of thioether (sulfide) groups is 1. The number of rotatable bonds is 6. The Bertz CT molecular complexity index is 924. The average Bonchev–Trinajstić information content (AvgIpc) is 2.93. The number of halogens is 1. The summed E-state index contributed by atoms with van der Waals surface area (Å²) >= 11 is 10.0. The lowest BCUT2D eigenvalue weighted by Crippen LogP contribution is -2.29. The Morgan fingerprint density at radius 2 is 1.86 bits per heavy atom. The molecule has 2 aromatic rings. The van der Waals surface area contributed by atoms with Gasteiger partial charge in [0.1, 0.15) is 4.32 Å². The smallest absolute Gasteiger partial charge is 0.266 e. The van der Waals surface area contributed by atoms with E-state index in [-0.39, 0.29) is 11.8 Å². The first-order valence-electron chi connectivity index (χ1n) is 8.80. The molecule has 0 spiro atoms. The Hall–Kier alpha value is -1.96. The van der Waals surface area contributed by atoms with Crippen LogP contribution in [0.15, 0.2) is 57.9 Å². The summed E-state index contributed by atoms with van der Waals surface area (Å²) < 4.78 is 1.52. The van der Waals surface area contributed by atoms with Gasteiger partial charge < -0.3 is 5.32 Å². The zero-order valence-electron chi connectivity index (χ0n) is 15.3. The summed E-state index contributed by atoms with van der Waals surface area (Å²) in [6.07, 6.45) is 2.72. The fraction of sp³-hybridized carbons (Fsp3) is 0.190. The number of anilines is 1. The number of aryl methyl sites for hydroxylation is 1. The zero-order valence-corrected chi connectivity index (χ0v) is 18.5. The third-order valence-electron chi connectivity index (χ3n) is 4.16. The Morgan fingerprint density at radius 1 is 1.18 bits per heavy atom. The van der Waals surface area contributed by atoms with Gasteiger partial charge in [0.15, 0.2) is 0 Å². The van der Waals surface area contributed by atoms with Crippen LogP contribution in [0.4, 0.5) is 5.69 Å². The Labute approximate surface area is 182 Å². The highest BCUT2D eigenvalue weighted by Crippen LogP contribution is 2.32. The Morgan fingerprint density at radius 3 is 2.54 bits per heavy atom. The van der Waals surface area contributed by atoms with Crippen molar-refractivity contribution in [1.29, 1.82) is 0 Å². The SMILES string of the molecule is Cc1ccc(NC(=O)CCCN2C(=O)/C(=C/c3ccc(Br)cc3)SC2=S)cc1. The molecule has 0 bridgehead atoms. The number of benzene rings is 2. The summed E-state index contributed by atoms with van der Waals surface area (Å²) in [6, 6.07) is 15.4. The van der Waals surface area contributed by atoms with Gasteiger partial charge in [-0.25, -0.2) is 0 Å². The zero-order chi connectivity index (χ0) is 20.1. The Balaban J connectivity index is 1.52. The van der Waals surface area contributed by atoms with Crippen LogP contribution in [-0.2, 0) is 9.59 Å². The first kappa shape index (κ1) is 20.8. The summed E-state index contributed by atoms with van der Waals surface area (Å²) in [7, 11) is 0. The third-order valence-corrected chi connectivity index (χ3v) is 6.07. The topological polar surface area (TPSA) is 49.4 Å². The van der Waals surface area contributed by atoms with Crippen LogP contribution in [0.3, 0.4) is 0 Å². The van der Waals surface area contributed by atoms with E-state index < -0.39 is 0 Å². The van der Waals surface area contributed by atoms with Gasteiger partial charge in [-0.2, -0.15) is 0 Å². The number of nitrogens with one attached hydrogen (secondary N) is 1.